The summed E-state index contributed by atoms with van der Waals surface area (Å²) in [6.07, 6.45) is 7.38. The van der Waals surface area contributed by atoms with Crippen molar-refractivity contribution >= 4 is 0 Å². The van der Waals surface area contributed by atoms with Crippen LogP contribution in [-0.2, 0) is 6.42 Å². The molecule has 0 aliphatic heterocycles. The highest BCUT2D eigenvalue weighted by molar-refractivity contribution is 5.65. The zero-order chi connectivity index (χ0) is 18.2. The van der Waals surface area contributed by atoms with E-state index in [4.69, 9.17) is 5.26 Å². The molecule has 0 aliphatic rings. The summed E-state index contributed by atoms with van der Waals surface area (Å²) in [7, 11) is 0. The first-order valence-electron chi connectivity index (χ1n) is 9.03. The lowest BCUT2D eigenvalue weighted by Gasteiger charge is -2.12. The smallest absolute Gasteiger partial charge is 0.144 e. The van der Waals surface area contributed by atoms with E-state index in [0.29, 0.717) is 11.5 Å². The van der Waals surface area contributed by atoms with Crippen molar-refractivity contribution in [2.45, 2.75) is 52.4 Å². The number of rotatable bonds is 8. The summed E-state index contributed by atoms with van der Waals surface area (Å²) in [6.45, 7) is 4.49. The second kappa shape index (κ2) is 9.32. The molecule has 0 saturated carbocycles. The van der Waals surface area contributed by atoms with Crippen molar-refractivity contribution in [3.8, 4) is 17.2 Å². The predicted octanol–water partition coefficient (Wildman–Crippen LogP) is 6.65. The van der Waals surface area contributed by atoms with Crippen LogP contribution in [-0.4, -0.2) is 0 Å². The Morgan fingerprint density at radius 3 is 2.16 bits per heavy atom. The predicted molar refractivity (Wildman–Crippen MR) is 98.1 cm³/mol. The lowest BCUT2D eigenvalue weighted by Crippen LogP contribution is -2.00. The number of unbranched alkanes of at least 4 members (excludes halogenated alkanes) is 3. The van der Waals surface area contributed by atoms with E-state index in [1.54, 1.807) is 6.07 Å². The average molecular weight is 341 g/mol. The molecule has 1 atom stereocenters. The summed E-state index contributed by atoms with van der Waals surface area (Å²) >= 11 is 0. The van der Waals surface area contributed by atoms with Gasteiger partial charge < -0.3 is 0 Å². The Bertz CT molecular complexity index is 706. The Balaban J connectivity index is 2.02. The standard InChI is InChI=1S/C22H25F2N/c1-3-4-5-6-7-16(2)12-17-8-10-18(11-9-17)19-13-21(23)20(15-25)22(24)14-19/h8-11,13-14,16H,3-7,12H2,1-2H3. The lowest BCUT2D eigenvalue weighted by molar-refractivity contribution is 0.487. The highest BCUT2D eigenvalue weighted by Crippen LogP contribution is 2.25. The van der Waals surface area contributed by atoms with Gasteiger partial charge in [0.1, 0.15) is 23.3 Å². The third kappa shape index (κ3) is 5.39. The molecule has 0 radical (unpaired) electrons. The SMILES string of the molecule is CCCCCCC(C)Cc1ccc(-c2cc(F)c(C#N)c(F)c2)cc1. The molecular weight excluding hydrogens is 316 g/mol. The summed E-state index contributed by atoms with van der Waals surface area (Å²) < 4.78 is 27.5. The third-order valence-electron chi connectivity index (χ3n) is 4.58. The Hall–Kier alpha value is -2.21. The van der Waals surface area contributed by atoms with Gasteiger partial charge in [-0.25, -0.2) is 8.78 Å². The Kier molecular flexibility index (Phi) is 7.13. The maximum absolute atomic E-state index is 13.8. The molecule has 0 heterocycles. The van der Waals surface area contributed by atoms with Gasteiger partial charge in [-0.05, 0) is 41.2 Å². The number of hydrogen-bond donors (Lipinski definition) is 0. The van der Waals surface area contributed by atoms with Gasteiger partial charge in [0.2, 0.25) is 0 Å². The third-order valence-corrected chi connectivity index (χ3v) is 4.58. The molecule has 0 N–H and O–H groups in total. The van der Waals surface area contributed by atoms with Crippen molar-refractivity contribution in [3.63, 3.8) is 0 Å². The van der Waals surface area contributed by atoms with E-state index < -0.39 is 17.2 Å². The molecule has 1 nitrogen and oxygen atoms in total. The van der Waals surface area contributed by atoms with Gasteiger partial charge in [0, 0.05) is 0 Å². The molecule has 2 aromatic carbocycles. The zero-order valence-electron chi connectivity index (χ0n) is 15.0. The van der Waals surface area contributed by atoms with Gasteiger partial charge in [-0.15, -0.1) is 0 Å². The molecule has 0 saturated heterocycles. The molecule has 2 aromatic rings. The van der Waals surface area contributed by atoms with Crippen LogP contribution in [0.2, 0.25) is 0 Å². The minimum absolute atomic E-state index is 0.452. The molecule has 0 aliphatic carbocycles. The monoisotopic (exact) mass is 341 g/mol. The Labute approximate surface area is 149 Å². The van der Waals surface area contributed by atoms with Crippen LogP contribution in [0.25, 0.3) is 11.1 Å². The van der Waals surface area contributed by atoms with Crippen LogP contribution in [0.1, 0.15) is 57.1 Å². The van der Waals surface area contributed by atoms with Crippen LogP contribution in [0.4, 0.5) is 8.78 Å². The van der Waals surface area contributed by atoms with Crippen molar-refractivity contribution in [1.82, 2.24) is 0 Å². The summed E-state index contributed by atoms with van der Waals surface area (Å²) in [5.41, 5.74) is 1.91. The van der Waals surface area contributed by atoms with Crippen LogP contribution < -0.4 is 0 Å². The molecule has 2 rings (SSSR count). The highest BCUT2D eigenvalue weighted by Gasteiger charge is 2.12. The van der Waals surface area contributed by atoms with Gasteiger partial charge in [-0.3, -0.25) is 0 Å². The lowest BCUT2D eigenvalue weighted by atomic mass is 9.94. The highest BCUT2D eigenvalue weighted by atomic mass is 19.1. The quantitative estimate of drug-likeness (QED) is 0.493. The number of halogens is 2. The van der Waals surface area contributed by atoms with Gasteiger partial charge in [0.05, 0.1) is 0 Å². The van der Waals surface area contributed by atoms with Crippen molar-refractivity contribution < 1.29 is 8.78 Å². The van der Waals surface area contributed by atoms with Gasteiger partial charge in [0.25, 0.3) is 0 Å². The Morgan fingerprint density at radius 1 is 0.960 bits per heavy atom. The van der Waals surface area contributed by atoms with Crippen molar-refractivity contribution in [2.24, 2.45) is 5.92 Å². The molecule has 0 bridgehead atoms. The van der Waals surface area contributed by atoms with Crippen LogP contribution in [0.3, 0.4) is 0 Å². The van der Waals surface area contributed by atoms with Crippen molar-refractivity contribution in [1.29, 1.82) is 5.26 Å². The second-order valence-electron chi connectivity index (χ2n) is 6.78. The second-order valence-corrected chi connectivity index (χ2v) is 6.78. The molecule has 0 fully saturated rings. The van der Waals surface area contributed by atoms with E-state index in [9.17, 15) is 8.78 Å². The normalized spacial score (nSPS) is 12.0. The maximum atomic E-state index is 13.8. The van der Waals surface area contributed by atoms with Crippen LogP contribution >= 0.6 is 0 Å². The van der Waals surface area contributed by atoms with E-state index in [2.05, 4.69) is 13.8 Å². The fourth-order valence-corrected chi connectivity index (χ4v) is 3.10. The first kappa shape index (κ1) is 19.1. The molecule has 0 amide bonds. The number of nitriles is 1. The molecule has 0 aromatic heterocycles. The summed E-state index contributed by atoms with van der Waals surface area (Å²) in [6, 6.07) is 11.8. The van der Waals surface area contributed by atoms with Gasteiger partial charge in [-0.1, -0.05) is 70.2 Å². The molecule has 1 unspecified atom stereocenters. The van der Waals surface area contributed by atoms with E-state index in [1.807, 2.05) is 24.3 Å². The van der Waals surface area contributed by atoms with Gasteiger partial charge in [-0.2, -0.15) is 5.26 Å². The van der Waals surface area contributed by atoms with E-state index in [0.717, 1.165) is 12.0 Å². The average Bonchev–Trinajstić information content (AvgIpc) is 2.59. The number of nitrogens with zero attached hydrogens (tertiary/aromatic N) is 1. The zero-order valence-corrected chi connectivity index (χ0v) is 15.0. The fraction of sp³-hybridized carbons (Fsp3) is 0.409. The van der Waals surface area contributed by atoms with E-state index >= 15 is 0 Å². The molecule has 3 heteroatoms. The van der Waals surface area contributed by atoms with Crippen molar-refractivity contribution in [3.05, 3.63) is 59.2 Å². The van der Waals surface area contributed by atoms with Crippen LogP contribution in [0.5, 0.6) is 0 Å². The minimum atomic E-state index is -0.817. The topological polar surface area (TPSA) is 23.8 Å². The van der Waals surface area contributed by atoms with Crippen LogP contribution in [0.15, 0.2) is 36.4 Å². The molecule has 0 spiro atoms. The van der Waals surface area contributed by atoms with Gasteiger partial charge in [0.15, 0.2) is 0 Å². The first-order valence-corrected chi connectivity index (χ1v) is 9.03. The summed E-state index contributed by atoms with van der Waals surface area (Å²) in [5, 5.41) is 8.74. The summed E-state index contributed by atoms with van der Waals surface area (Å²) in [4.78, 5) is 0. The first-order chi connectivity index (χ1) is 12.0. The van der Waals surface area contributed by atoms with Gasteiger partial charge >= 0.3 is 0 Å². The number of hydrogen-bond acceptors (Lipinski definition) is 1. The minimum Gasteiger partial charge on any atom is -0.205 e. The summed E-state index contributed by atoms with van der Waals surface area (Å²) in [5.74, 6) is -1.00. The number of benzene rings is 2. The van der Waals surface area contributed by atoms with E-state index in [-0.39, 0.29) is 0 Å². The largest absolute Gasteiger partial charge is 0.205 e. The van der Waals surface area contributed by atoms with E-state index in [1.165, 1.54) is 49.8 Å². The van der Waals surface area contributed by atoms with Crippen molar-refractivity contribution in [2.75, 3.05) is 0 Å². The maximum Gasteiger partial charge on any atom is 0.144 e. The van der Waals surface area contributed by atoms with Crippen LogP contribution in [0, 0.1) is 28.9 Å². The molecule has 132 valence electrons. The molecule has 25 heavy (non-hydrogen) atoms. The fourth-order valence-electron chi connectivity index (χ4n) is 3.10. The molecular formula is C22H25F2N. The Morgan fingerprint density at radius 2 is 1.60 bits per heavy atom.